The number of likely N-dealkylation sites (N-methyl/N-ethyl adjacent to an activating group) is 1. The van der Waals surface area contributed by atoms with Gasteiger partial charge in [0.15, 0.2) is 12.4 Å². The second kappa shape index (κ2) is 7.23. The highest BCUT2D eigenvalue weighted by Gasteiger charge is 2.27. The van der Waals surface area contributed by atoms with E-state index >= 15 is 0 Å². The first-order valence-electron chi connectivity index (χ1n) is 8.50. The molecule has 0 bridgehead atoms. The van der Waals surface area contributed by atoms with E-state index in [0.717, 1.165) is 26.2 Å². The lowest BCUT2D eigenvalue weighted by atomic mass is 10.1. The molecule has 0 unspecified atom stereocenters. The van der Waals surface area contributed by atoms with Gasteiger partial charge in [0, 0.05) is 44.7 Å². The molecule has 2 amide bonds. The van der Waals surface area contributed by atoms with Crippen LogP contribution in [0.1, 0.15) is 23.7 Å². The first-order chi connectivity index (χ1) is 12.0. The van der Waals surface area contributed by atoms with E-state index in [-0.39, 0.29) is 30.6 Å². The van der Waals surface area contributed by atoms with Gasteiger partial charge in [0.2, 0.25) is 5.91 Å². The van der Waals surface area contributed by atoms with Crippen molar-refractivity contribution in [3.8, 4) is 5.75 Å². The average Bonchev–Trinajstić information content (AvgIpc) is 2.60. The molecule has 2 heterocycles. The largest absolute Gasteiger partial charge is 0.482 e. The van der Waals surface area contributed by atoms with Crippen molar-refractivity contribution in [2.45, 2.75) is 13.3 Å². The number of piperazine rings is 1. The zero-order valence-corrected chi connectivity index (χ0v) is 14.7. The molecule has 0 radical (unpaired) electrons. The molecule has 1 saturated heterocycles. The van der Waals surface area contributed by atoms with Crippen molar-refractivity contribution in [2.24, 2.45) is 0 Å². The summed E-state index contributed by atoms with van der Waals surface area (Å²) in [4.78, 5) is 41.9. The van der Waals surface area contributed by atoms with E-state index in [9.17, 15) is 14.4 Å². The van der Waals surface area contributed by atoms with E-state index in [4.69, 9.17) is 4.74 Å². The van der Waals surface area contributed by atoms with Crippen molar-refractivity contribution in [1.29, 1.82) is 0 Å². The predicted octanol–water partition coefficient (Wildman–Crippen LogP) is 0.779. The maximum absolute atomic E-state index is 12.4. The zero-order chi connectivity index (χ0) is 18.0. The molecule has 7 heteroatoms. The molecule has 0 N–H and O–H groups in total. The molecule has 1 aromatic carbocycles. The second-order valence-electron chi connectivity index (χ2n) is 6.51. The van der Waals surface area contributed by atoms with Crippen LogP contribution >= 0.6 is 0 Å². The Bertz CT molecular complexity index is 696. The average molecular weight is 345 g/mol. The SMILES string of the molecule is CC(=O)c1ccc2c(c1)N(CCC(=O)N1CCN(C)CC1)C(=O)CO2. The van der Waals surface area contributed by atoms with E-state index < -0.39 is 0 Å². The number of hydrogen-bond acceptors (Lipinski definition) is 5. The van der Waals surface area contributed by atoms with Gasteiger partial charge < -0.3 is 19.4 Å². The quantitative estimate of drug-likeness (QED) is 0.754. The number of ether oxygens (including phenoxy) is 1. The Kier molecular flexibility index (Phi) is 5.03. The lowest BCUT2D eigenvalue weighted by molar-refractivity contribution is -0.132. The summed E-state index contributed by atoms with van der Waals surface area (Å²) in [7, 11) is 2.04. The van der Waals surface area contributed by atoms with Crippen LogP contribution in [0.3, 0.4) is 0 Å². The Hall–Kier alpha value is -2.41. The van der Waals surface area contributed by atoms with Crippen LogP contribution in [0, 0.1) is 0 Å². The predicted molar refractivity (Wildman–Crippen MR) is 93.0 cm³/mol. The number of carbonyl (C=O) groups is 3. The molecular formula is C18H23N3O4. The summed E-state index contributed by atoms with van der Waals surface area (Å²) in [6.45, 7) is 4.90. The highest BCUT2D eigenvalue weighted by Crippen LogP contribution is 2.33. The van der Waals surface area contributed by atoms with Gasteiger partial charge in [0.1, 0.15) is 5.75 Å². The molecule has 134 valence electrons. The van der Waals surface area contributed by atoms with Gasteiger partial charge in [-0.15, -0.1) is 0 Å². The lowest BCUT2D eigenvalue weighted by Gasteiger charge is -2.34. The summed E-state index contributed by atoms with van der Waals surface area (Å²) in [6, 6.07) is 5.05. The summed E-state index contributed by atoms with van der Waals surface area (Å²) in [5.74, 6) is 0.349. The number of nitrogens with zero attached hydrogens (tertiary/aromatic N) is 3. The third-order valence-electron chi connectivity index (χ3n) is 4.71. The first kappa shape index (κ1) is 17.4. The molecule has 3 rings (SSSR count). The fraction of sp³-hybridized carbons (Fsp3) is 0.500. The fourth-order valence-electron chi connectivity index (χ4n) is 3.09. The minimum atomic E-state index is -0.195. The molecule has 7 nitrogen and oxygen atoms in total. The number of benzene rings is 1. The van der Waals surface area contributed by atoms with Crippen LogP contribution in [-0.4, -0.2) is 73.8 Å². The van der Waals surface area contributed by atoms with E-state index in [2.05, 4.69) is 4.90 Å². The van der Waals surface area contributed by atoms with Crippen LogP contribution in [0.4, 0.5) is 5.69 Å². The van der Waals surface area contributed by atoms with Gasteiger partial charge in [-0.05, 0) is 32.2 Å². The summed E-state index contributed by atoms with van der Waals surface area (Å²) < 4.78 is 5.43. The van der Waals surface area contributed by atoms with E-state index in [1.165, 1.54) is 6.92 Å². The molecule has 1 fully saturated rings. The van der Waals surface area contributed by atoms with E-state index in [1.54, 1.807) is 23.1 Å². The van der Waals surface area contributed by atoms with Crippen LogP contribution in [0.15, 0.2) is 18.2 Å². The smallest absolute Gasteiger partial charge is 0.265 e. The highest BCUT2D eigenvalue weighted by atomic mass is 16.5. The zero-order valence-electron chi connectivity index (χ0n) is 14.7. The number of anilines is 1. The summed E-state index contributed by atoms with van der Waals surface area (Å²) in [6.07, 6.45) is 0.263. The lowest BCUT2D eigenvalue weighted by Crippen LogP contribution is -2.48. The number of rotatable bonds is 4. The highest BCUT2D eigenvalue weighted by molar-refractivity contribution is 6.01. The third-order valence-corrected chi connectivity index (χ3v) is 4.71. The standard InChI is InChI=1S/C18H23N3O4/c1-13(22)14-3-4-16-15(11-14)21(18(24)12-25-16)6-5-17(23)20-9-7-19(2)8-10-20/h3-4,11H,5-10,12H2,1-2H3. The van der Waals surface area contributed by atoms with Crippen LogP contribution in [0.2, 0.25) is 0 Å². The summed E-state index contributed by atoms with van der Waals surface area (Å²) >= 11 is 0. The molecule has 0 saturated carbocycles. The number of carbonyl (C=O) groups excluding carboxylic acids is 3. The number of Topliss-reactive ketones (excluding diaryl/α,β-unsaturated/α-hetero) is 1. The Morgan fingerprint density at radius 1 is 1.16 bits per heavy atom. The van der Waals surface area contributed by atoms with Crippen LogP contribution in [-0.2, 0) is 9.59 Å². The second-order valence-corrected chi connectivity index (χ2v) is 6.51. The van der Waals surface area contributed by atoms with Crippen molar-refractivity contribution in [3.05, 3.63) is 23.8 Å². The number of ketones is 1. The molecule has 2 aliphatic heterocycles. The van der Waals surface area contributed by atoms with Crippen molar-refractivity contribution in [1.82, 2.24) is 9.80 Å². The van der Waals surface area contributed by atoms with Crippen molar-refractivity contribution < 1.29 is 19.1 Å². The van der Waals surface area contributed by atoms with Crippen molar-refractivity contribution in [2.75, 3.05) is 51.3 Å². The normalized spacial score (nSPS) is 17.9. The minimum absolute atomic E-state index is 0.0465. The molecule has 0 spiro atoms. The van der Waals surface area contributed by atoms with Gasteiger partial charge in [-0.3, -0.25) is 14.4 Å². The van der Waals surface area contributed by atoms with E-state index in [1.807, 2.05) is 11.9 Å². The van der Waals surface area contributed by atoms with Crippen LogP contribution in [0.25, 0.3) is 0 Å². The topological polar surface area (TPSA) is 70.2 Å². The number of amides is 2. The van der Waals surface area contributed by atoms with Gasteiger partial charge >= 0.3 is 0 Å². The summed E-state index contributed by atoms with van der Waals surface area (Å²) in [5.41, 5.74) is 1.09. The van der Waals surface area contributed by atoms with Gasteiger partial charge in [-0.25, -0.2) is 0 Å². The number of hydrogen-bond donors (Lipinski definition) is 0. The van der Waals surface area contributed by atoms with Crippen LogP contribution < -0.4 is 9.64 Å². The first-order valence-corrected chi connectivity index (χ1v) is 8.50. The third kappa shape index (κ3) is 3.82. The Balaban J connectivity index is 1.70. The van der Waals surface area contributed by atoms with Crippen molar-refractivity contribution in [3.63, 3.8) is 0 Å². The maximum Gasteiger partial charge on any atom is 0.265 e. The van der Waals surface area contributed by atoms with Gasteiger partial charge in [0.25, 0.3) is 5.91 Å². The van der Waals surface area contributed by atoms with Crippen molar-refractivity contribution >= 4 is 23.3 Å². The minimum Gasteiger partial charge on any atom is -0.482 e. The molecule has 0 atom stereocenters. The Labute approximate surface area is 147 Å². The van der Waals surface area contributed by atoms with Gasteiger partial charge in [-0.1, -0.05) is 0 Å². The Morgan fingerprint density at radius 3 is 2.56 bits per heavy atom. The molecule has 2 aliphatic rings. The van der Waals surface area contributed by atoms with Gasteiger partial charge in [-0.2, -0.15) is 0 Å². The molecule has 25 heavy (non-hydrogen) atoms. The summed E-state index contributed by atoms with van der Waals surface area (Å²) in [5, 5.41) is 0. The van der Waals surface area contributed by atoms with Crippen LogP contribution in [0.5, 0.6) is 5.75 Å². The molecule has 1 aromatic rings. The Morgan fingerprint density at radius 2 is 1.88 bits per heavy atom. The van der Waals surface area contributed by atoms with Gasteiger partial charge in [0.05, 0.1) is 5.69 Å². The maximum atomic E-state index is 12.4. The number of fused-ring (bicyclic) bond motifs is 1. The monoisotopic (exact) mass is 345 g/mol. The molecule has 0 aliphatic carbocycles. The molecule has 0 aromatic heterocycles. The molecular weight excluding hydrogens is 322 g/mol. The fourth-order valence-corrected chi connectivity index (χ4v) is 3.09. The van der Waals surface area contributed by atoms with E-state index in [0.29, 0.717) is 23.5 Å².